The molecule has 0 fully saturated rings. The molecule has 0 aliphatic heterocycles. The summed E-state index contributed by atoms with van der Waals surface area (Å²) in [4.78, 5) is 16.5. The minimum atomic E-state index is -0.00724. The predicted octanol–water partition coefficient (Wildman–Crippen LogP) is 3.69. The molecule has 0 unspecified atom stereocenters. The van der Waals surface area contributed by atoms with Crippen LogP contribution >= 0.6 is 11.3 Å². The Morgan fingerprint density at radius 1 is 1.17 bits per heavy atom. The van der Waals surface area contributed by atoms with Gasteiger partial charge in [-0.2, -0.15) is 0 Å². The lowest BCUT2D eigenvalue weighted by molar-refractivity contribution is 0.0728. The van der Waals surface area contributed by atoms with Crippen molar-refractivity contribution in [2.75, 3.05) is 19.7 Å². The Hall–Kier alpha value is -1.65. The number of thiophene rings is 1. The van der Waals surface area contributed by atoms with Crippen LogP contribution in [0.1, 0.15) is 39.0 Å². The van der Waals surface area contributed by atoms with Crippen LogP contribution in [0.5, 0.6) is 0 Å². The van der Waals surface area contributed by atoms with Gasteiger partial charge >= 0.3 is 0 Å². The second kappa shape index (κ2) is 8.85. The number of benzene rings is 1. The van der Waals surface area contributed by atoms with E-state index in [9.17, 15) is 9.90 Å². The Bertz CT molecular complexity index is 622. The van der Waals surface area contributed by atoms with Gasteiger partial charge in [-0.1, -0.05) is 43.7 Å². The summed E-state index contributed by atoms with van der Waals surface area (Å²) in [5.41, 5.74) is 2.48. The van der Waals surface area contributed by atoms with E-state index in [1.54, 1.807) is 16.2 Å². The first-order chi connectivity index (χ1) is 11.2. The van der Waals surface area contributed by atoms with Crippen LogP contribution in [0.4, 0.5) is 0 Å². The van der Waals surface area contributed by atoms with Crippen molar-refractivity contribution >= 4 is 17.2 Å². The van der Waals surface area contributed by atoms with Gasteiger partial charge < -0.3 is 10.0 Å². The maximum Gasteiger partial charge on any atom is 0.264 e. The molecule has 0 saturated heterocycles. The summed E-state index contributed by atoms with van der Waals surface area (Å²) < 4.78 is 0. The lowest BCUT2D eigenvalue weighted by Crippen LogP contribution is -2.34. The molecular weight excluding hydrogens is 306 g/mol. The van der Waals surface area contributed by atoms with Crippen LogP contribution in [0.2, 0.25) is 0 Å². The minimum Gasteiger partial charge on any atom is -0.395 e. The van der Waals surface area contributed by atoms with Gasteiger partial charge in [0.25, 0.3) is 5.91 Å². The van der Waals surface area contributed by atoms with E-state index in [0.29, 0.717) is 13.1 Å². The van der Waals surface area contributed by atoms with E-state index in [1.165, 1.54) is 16.0 Å². The zero-order valence-electron chi connectivity index (χ0n) is 13.9. The molecule has 0 aliphatic carbocycles. The Morgan fingerprint density at radius 2 is 1.91 bits per heavy atom. The van der Waals surface area contributed by atoms with Crippen LogP contribution in [0.15, 0.2) is 36.4 Å². The molecule has 0 spiro atoms. The van der Waals surface area contributed by atoms with Crippen molar-refractivity contribution < 1.29 is 9.90 Å². The topological polar surface area (TPSA) is 40.5 Å². The van der Waals surface area contributed by atoms with Gasteiger partial charge in [0, 0.05) is 18.0 Å². The largest absolute Gasteiger partial charge is 0.395 e. The summed E-state index contributed by atoms with van der Waals surface area (Å²) in [6.45, 7) is 5.23. The lowest BCUT2D eigenvalue weighted by atomic mass is 10.1. The molecule has 0 atom stereocenters. The van der Waals surface area contributed by atoms with Crippen molar-refractivity contribution in [3.63, 3.8) is 0 Å². The van der Waals surface area contributed by atoms with E-state index in [4.69, 9.17) is 0 Å². The van der Waals surface area contributed by atoms with Crippen LogP contribution in [-0.2, 0) is 12.8 Å². The van der Waals surface area contributed by atoms with Crippen LogP contribution in [0.25, 0.3) is 0 Å². The SMILES string of the molecule is CCCc1cc(C(=O)N(CCO)CCc2ccccc2)sc1C. The third-order valence-electron chi connectivity index (χ3n) is 3.92. The Labute approximate surface area is 142 Å². The molecular formula is C19H25NO2S. The zero-order chi connectivity index (χ0) is 16.7. The van der Waals surface area contributed by atoms with Crippen molar-refractivity contribution in [3.05, 3.63) is 57.3 Å². The summed E-state index contributed by atoms with van der Waals surface area (Å²) in [5.74, 6) is 0.0328. The highest BCUT2D eigenvalue weighted by Gasteiger charge is 2.18. The Kier molecular flexibility index (Phi) is 6.81. The summed E-state index contributed by atoms with van der Waals surface area (Å²) >= 11 is 1.57. The first-order valence-electron chi connectivity index (χ1n) is 8.19. The zero-order valence-corrected chi connectivity index (χ0v) is 14.7. The van der Waals surface area contributed by atoms with Gasteiger partial charge in [-0.15, -0.1) is 11.3 Å². The summed E-state index contributed by atoms with van der Waals surface area (Å²) in [6, 6.07) is 12.2. The quantitative estimate of drug-likeness (QED) is 0.801. The molecule has 4 heteroatoms. The lowest BCUT2D eigenvalue weighted by Gasteiger charge is -2.21. The fraction of sp³-hybridized carbons (Fsp3) is 0.421. The first kappa shape index (κ1) is 17.7. The number of amides is 1. The highest BCUT2D eigenvalue weighted by atomic mass is 32.1. The minimum absolute atomic E-state index is 0.00724. The summed E-state index contributed by atoms with van der Waals surface area (Å²) in [7, 11) is 0. The number of carbonyl (C=O) groups is 1. The average molecular weight is 331 g/mol. The van der Waals surface area contributed by atoms with Gasteiger partial charge in [0.05, 0.1) is 11.5 Å². The van der Waals surface area contributed by atoms with Crippen LogP contribution in [-0.4, -0.2) is 35.6 Å². The fourth-order valence-electron chi connectivity index (χ4n) is 2.64. The number of hydrogen-bond acceptors (Lipinski definition) is 3. The third kappa shape index (κ3) is 4.91. The molecule has 2 aromatic rings. The highest BCUT2D eigenvalue weighted by Crippen LogP contribution is 2.24. The van der Waals surface area contributed by atoms with Crippen molar-refractivity contribution in [3.8, 4) is 0 Å². The second-order valence-corrected chi connectivity index (χ2v) is 6.95. The first-order valence-corrected chi connectivity index (χ1v) is 9.00. The maximum atomic E-state index is 12.8. The van der Waals surface area contributed by atoms with Crippen molar-refractivity contribution in [2.45, 2.75) is 33.1 Å². The number of aliphatic hydroxyl groups is 1. The van der Waals surface area contributed by atoms with E-state index in [2.05, 4.69) is 26.0 Å². The number of aliphatic hydroxyl groups excluding tert-OH is 1. The molecule has 124 valence electrons. The number of rotatable bonds is 8. The van der Waals surface area contributed by atoms with Crippen molar-refractivity contribution in [2.24, 2.45) is 0 Å². The second-order valence-electron chi connectivity index (χ2n) is 5.69. The Morgan fingerprint density at radius 3 is 2.57 bits per heavy atom. The highest BCUT2D eigenvalue weighted by molar-refractivity contribution is 7.14. The third-order valence-corrected chi connectivity index (χ3v) is 5.00. The predicted molar refractivity (Wildman–Crippen MR) is 96.2 cm³/mol. The van der Waals surface area contributed by atoms with Gasteiger partial charge in [-0.05, 0) is 37.0 Å². The molecule has 1 amide bonds. The number of hydrogen-bond donors (Lipinski definition) is 1. The Balaban J connectivity index is 2.07. The molecule has 0 saturated carbocycles. The van der Waals surface area contributed by atoms with E-state index >= 15 is 0 Å². The average Bonchev–Trinajstić information content (AvgIpc) is 2.93. The maximum absolute atomic E-state index is 12.8. The van der Waals surface area contributed by atoms with Crippen LogP contribution < -0.4 is 0 Å². The van der Waals surface area contributed by atoms with Crippen molar-refractivity contribution in [1.82, 2.24) is 4.90 Å². The molecule has 1 aromatic carbocycles. The molecule has 3 nitrogen and oxygen atoms in total. The van der Waals surface area contributed by atoms with E-state index in [1.807, 2.05) is 24.3 Å². The smallest absolute Gasteiger partial charge is 0.264 e. The molecule has 1 aromatic heterocycles. The normalized spacial score (nSPS) is 10.7. The summed E-state index contributed by atoms with van der Waals surface area (Å²) in [6.07, 6.45) is 2.90. The van der Waals surface area contributed by atoms with Crippen LogP contribution in [0.3, 0.4) is 0 Å². The van der Waals surface area contributed by atoms with Gasteiger partial charge in [-0.3, -0.25) is 4.79 Å². The van der Waals surface area contributed by atoms with Gasteiger partial charge in [0.2, 0.25) is 0 Å². The van der Waals surface area contributed by atoms with E-state index < -0.39 is 0 Å². The number of aryl methyl sites for hydroxylation is 2. The van der Waals surface area contributed by atoms with E-state index in [0.717, 1.165) is 24.1 Å². The monoisotopic (exact) mass is 331 g/mol. The standard InChI is InChI=1S/C19H25NO2S/c1-3-7-17-14-18(23-15(17)2)19(22)20(12-13-21)11-10-16-8-5-4-6-9-16/h4-6,8-9,14,21H,3,7,10-13H2,1-2H3. The van der Waals surface area contributed by atoms with Gasteiger partial charge in [0.15, 0.2) is 0 Å². The molecule has 1 heterocycles. The molecule has 2 rings (SSSR count). The van der Waals surface area contributed by atoms with Gasteiger partial charge in [-0.25, -0.2) is 0 Å². The van der Waals surface area contributed by atoms with Crippen LogP contribution in [0, 0.1) is 6.92 Å². The molecule has 23 heavy (non-hydrogen) atoms. The molecule has 1 N–H and O–H groups in total. The number of nitrogens with zero attached hydrogens (tertiary/aromatic N) is 1. The molecule has 0 radical (unpaired) electrons. The fourth-order valence-corrected chi connectivity index (χ4v) is 3.68. The van der Waals surface area contributed by atoms with Gasteiger partial charge in [0.1, 0.15) is 0 Å². The molecule has 0 aliphatic rings. The van der Waals surface area contributed by atoms with E-state index in [-0.39, 0.29) is 12.5 Å². The van der Waals surface area contributed by atoms with Crippen molar-refractivity contribution in [1.29, 1.82) is 0 Å². The molecule has 0 bridgehead atoms. The summed E-state index contributed by atoms with van der Waals surface area (Å²) in [5, 5.41) is 9.28. The number of carbonyl (C=O) groups excluding carboxylic acids is 1.